The third kappa shape index (κ3) is 4.69. The summed E-state index contributed by atoms with van der Waals surface area (Å²) >= 11 is 0. The molecular formula is C21H25F3N6O4. The molecule has 34 heavy (non-hydrogen) atoms. The average molecular weight is 482 g/mol. The van der Waals surface area contributed by atoms with Crippen LogP contribution in [0.1, 0.15) is 48.8 Å². The van der Waals surface area contributed by atoms with Crippen molar-refractivity contribution in [2.24, 2.45) is 0 Å². The van der Waals surface area contributed by atoms with E-state index in [-0.39, 0.29) is 49.3 Å². The van der Waals surface area contributed by atoms with E-state index in [9.17, 15) is 22.8 Å². The van der Waals surface area contributed by atoms with Gasteiger partial charge in [-0.25, -0.2) is 19.4 Å². The molecule has 0 aliphatic carbocycles. The molecule has 2 aliphatic rings. The fraction of sp³-hybridized carbons (Fsp3) is 0.571. The smallest absolute Gasteiger partial charge is 0.419 e. The summed E-state index contributed by atoms with van der Waals surface area (Å²) in [6, 6.07) is -0.577. The number of hydrogen-bond acceptors (Lipinski definition) is 7. The Kier molecular flexibility index (Phi) is 6.00. The molecule has 2 aliphatic heterocycles. The van der Waals surface area contributed by atoms with Gasteiger partial charge >= 0.3 is 12.3 Å². The summed E-state index contributed by atoms with van der Waals surface area (Å²) < 4.78 is 50.3. The summed E-state index contributed by atoms with van der Waals surface area (Å²) in [5.41, 5.74) is -0.956. The number of hydrogen-bond donors (Lipinski definition) is 0. The molecule has 0 radical (unpaired) electrons. The van der Waals surface area contributed by atoms with E-state index < -0.39 is 23.4 Å². The number of fused-ring (bicyclic) bond motifs is 1. The second kappa shape index (κ2) is 8.53. The SMILES string of the molecule is COC[C@@H]1C[C@@H](N2Cc3cnc(-n4cc(C(F)(F)F)cn4)nc3C2=O)CN1C(=O)OC(C)(C)C. The van der Waals surface area contributed by atoms with Crippen molar-refractivity contribution in [2.75, 3.05) is 20.3 Å². The summed E-state index contributed by atoms with van der Waals surface area (Å²) in [6.07, 6.45) is -1.70. The number of aromatic nitrogens is 4. The summed E-state index contributed by atoms with van der Waals surface area (Å²) in [6.45, 7) is 6.11. The van der Waals surface area contributed by atoms with Gasteiger partial charge in [0.2, 0.25) is 0 Å². The van der Waals surface area contributed by atoms with Crippen LogP contribution in [0.25, 0.3) is 5.95 Å². The minimum atomic E-state index is -4.55. The van der Waals surface area contributed by atoms with Gasteiger partial charge in [0.1, 0.15) is 11.3 Å². The number of nitrogens with zero attached hydrogens (tertiary/aromatic N) is 6. The first-order valence-corrected chi connectivity index (χ1v) is 10.6. The molecule has 1 saturated heterocycles. The molecule has 184 valence electrons. The maximum absolute atomic E-state index is 13.2. The van der Waals surface area contributed by atoms with Gasteiger partial charge in [-0.1, -0.05) is 0 Å². The highest BCUT2D eigenvalue weighted by Gasteiger charge is 2.44. The van der Waals surface area contributed by atoms with Crippen molar-refractivity contribution in [2.45, 2.75) is 57.6 Å². The maximum atomic E-state index is 13.2. The number of halogens is 3. The monoisotopic (exact) mass is 482 g/mol. The van der Waals surface area contributed by atoms with Crippen LogP contribution in [0.2, 0.25) is 0 Å². The second-order valence-corrected chi connectivity index (χ2v) is 9.28. The van der Waals surface area contributed by atoms with E-state index in [4.69, 9.17) is 9.47 Å². The zero-order valence-electron chi connectivity index (χ0n) is 19.2. The van der Waals surface area contributed by atoms with Crippen LogP contribution in [0.5, 0.6) is 0 Å². The van der Waals surface area contributed by atoms with Crippen molar-refractivity contribution in [3.05, 3.63) is 35.4 Å². The maximum Gasteiger partial charge on any atom is 0.419 e. The van der Waals surface area contributed by atoms with Gasteiger partial charge in [-0.3, -0.25) is 4.79 Å². The van der Waals surface area contributed by atoms with Crippen LogP contribution in [-0.2, 0) is 22.2 Å². The standard InChI is InChI=1S/C21H25F3N6O4/c1-20(2,3)34-19(32)29-10-14(5-15(29)11-33-4)28-8-12-6-25-18(27-16(12)17(28)31)30-9-13(7-26-30)21(22,23)24/h6-7,9,14-15H,5,8,10-11H2,1-4H3/t14-,15+/m1/s1. The lowest BCUT2D eigenvalue weighted by atomic mass is 10.1. The van der Waals surface area contributed by atoms with Crippen molar-refractivity contribution < 1.29 is 32.2 Å². The number of rotatable bonds is 4. The highest BCUT2D eigenvalue weighted by molar-refractivity contribution is 5.96. The zero-order valence-corrected chi connectivity index (χ0v) is 19.2. The summed E-state index contributed by atoms with van der Waals surface area (Å²) in [7, 11) is 1.54. The van der Waals surface area contributed by atoms with Gasteiger partial charge in [-0.2, -0.15) is 18.3 Å². The molecule has 0 saturated carbocycles. The van der Waals surface area contributed by atoms with Gasteiger partial charge in [0.25, 0.3) is 11.9 Å². The van der Waals surface area contributed by atoms with Crippen LogP contribution in [0.4, 0.5) is 18.0 Å². The lowest BCUT2D eigenvalue weighted by Crippen LogP contribution is -2.43. The molecule has 0 bridgehead atoms. The van der Waals surface area contributed by atoms with Crippen molar-refractivity contribution in [3.63, 3.8) is 0 Å². The Morgan fingerprint density at radius 2 is 1.97 bits per heavy atom. The van der Waals surface area contributed by atoms with Gasteiger partial charge < -0.3 is 19.3 Å². The van der Waals surface area contributed by atoms with Gasteiger partial charge in [0, 0.05) is 31.6 Å². The van der Waals surface area contributed by atoms with Crippen molar-refractivity contribution in [3.8, 4) is 5.95 Å². The number of amides is 2. The van der Waals surface area contributed by atoms with E-state index in [2.05, 4.69) is 15.1 Å². The molecule has 13 heteroatoms. The predicted molar refractivity (Wildman–Crippen MR) is 111 cm³/mol. The van der Waals surface area contributed by atoms with E-state index in [1.807, 2.05) is 0 Å². The highest BCUT2D eigenvalue weighted by Crippen LogP contribution is 2.32. The number of ether oxygens (including phenoxy) is 2. The molecule has 0 spiro atoms. The molecule has 2 aromatic heterocycles. The normalized spacial score (nSPS) is 20.7. The first-order chi connectivity index (χ1) is 15.9. The molecule has 2 amide bonds. The minimum Gasteiger partial charge on any atom is -0.444 e. The molecular weight excluding hydrogens is 457 g/mol. The van der Waals surface area contributed by atoms with Gasteiger partial charge in [0.15, 0.2) is 0 Å². The zero-order chi connectivity index (χ0) is 24.8. The van der Waals surface area contributed by atoms with Gasteiger partial charge in [0.05, 0.1) is 37.0 Å². The Labute approximate surface area is 193 Å². The molecule has 0 N–H and O–H groups in total. The molecule has 4 rings (SSSR count). The summed E-state index contributed by atoms with van der Waals surface area (Å²) in [4.78, 5) is 37.3. The van der Waals surface area contributed by atoms with E-state index in [1.165, 1.54) is 13.3 Å². The predicted octanol–water partition coefficient (Wildman–Crippen LogP) is 2.66. The highest BCUT2D eigenvalue weighted by atomic mass is 19.4. The first kappa shape index (κ1) is 23.9. The molecule has 10 nitrogen and oxygen atoms in total. The number of methoxy groups -OCH3 is 1. The minimum absolute atomic E-state index is 0.105. The van der Waals surface area contributed by atoms with Crippen LogP contribution < -0.4 is 0 Å². The fourth-order valence-electron chi connectivity index (χ4n) is 4.09. The van der Waals surface area contributed by atoms with E-state index in [0.29, 0.717) is 18.2 Å². The second-order valence-electron chi connectivity index (χ2n) is 9.28. The topological polar surface area (TPSA) is 103 Å². The Balaban J connectivity index is 1.53. The van der Waals surface area contributed by atoms with Crippen LogP contribution >= 0.6 is 0 Å². The van der Waals surface area contributed by atoms with Gasteiger partial charge in [-0.15, -0.1) is 0 Å². The Morgan fingerprint density at radius 3 is 2.59 bits per heavy atom. The molecule has 1 fully saturated rings. The average Bonchev–Trinajstić information content (AvgIpc) is 3.44. The molecule has 2 atom stereocenters. The fourth-order valence-corrected chi connectivity index (χ4v) is 4.09. The number of likely N-dealkylation sites (tertiary alicyclic amines) is 1. The van der Waals surface area contributed by atoms with Crippen LogP contribution in [0.15, 0.2) is 18.6 Å². The quantitative estimate of drug-likeness (QED) is 0.660. The van der Waals surface area contributed by atoms with Gasteiger partial charge in [-0.05, 0) is 27.2 Å². The Hall–Kier alpha value is -3.22. The summed E-state index contributed by atoms with van der Waals surface area (Å²) in [5, 5.41) is 3.66. The third-order valence-electron chi connectivity index (χ3n) is 5.59. The van der Waals surface area contributed by atoms with Crippen LogP contribution in [0, 0.1) is 0 Å². The molecule has 4 heterocycles. The number of carbonyl (C=O) groups is 2. The van der Waals surface area contributed by atoms with Crippen molar-refractivity contribution in [1.29, 1.82) is 0 Å². The van der Waals surface area contributed by atoms with Crippen molar-refractivity contribution >= 4 is 12.0 Å². The van der Waals surface area contributed by atoms with Crippen molar-refractivity contribution in [1.82, 2.24) is 29.5 Å². The van der Waals surface area contributed by atoms with Crippen LogP contribution in [-0.4, -0.2) is 79.5 Å². The number of carbonyl (C=O) groups excluding carboxylic acids is 2. The first-order valence-electron chi connectivity index (χ1n) is 10.6. The molecule has 2 aromatic rings. The molecule has 0 unspecified atom stereocenters. The Bertz CT molecular complexity index is 1100. The molecule has 0 aromatic carbocycles. The lowest BCUT2D eigenvalue weighted by Gasteiger charge is -2.28. The van der Waals surface area contributed by atoms with E-state index >= 15 is 0 Å². The van der Waals surface area contributed by atoms with Crippen LogP contribution in [0.3, 0.4) is 0 Å². The number of alkyl halides is 3. The summed E-state index contributed by atoms with van der Waals surface area (Å²) in [5.74, 6) is -0.516. The Morgan fingerprint density at radius 1 is 1.24 bits per heavy atom. The largest absolute Gasteiger partial charge is 0.444 e. The third-order valence-corrected chi connectivity index (χ3v) is 5.59. The lowest BCUT2D eigenvalue weighted by molar-refractivity contribution is -0.137. The van der Waals surface area contributed by atoms with E-state index in [1.54, 1.807) is 30.6 Å². The van der Waals surface area contributed by atoms with E-state index in [0.717, 1.165) is 10.9 Å².